The number of nitriles is 1. The van der Waals surface area contributed by atoms with Crippen molar-refractivity contribution in [2.45, 2.75) is 13.3 Å². The fraction of sp³-hybridized carbons (Fsp3) is 0.250. The number of nitrogen functional groups attached to an aromatic ring is 1. The van der Waals surface area contributed by atoms with Crippen molar-refractivity contribution in [2.24, 2.45) is 0 Å². The van der Waals surface area contributed by atoms with Gasteiger partial charge in [0.25, 0.3) is 0 Å². The summed E-state index contributed by atoms with van der Waals surface area (Å²) in [5.41, 5.74) is 7.64. The standard InChI is InChI=1S/C12H12N2OS2/c1-3-7-10(14)9(6-13)17-11(7)12-8(15-2)4-5-16-12/h4-5H,3,14H2,1-2H3. The number of anilines is 1. The lowest BCUT2D eigenvalue weighted by Gasteiger charge is -2.03. The van der Waals surface area contributed by atoms with Gasteiger partial charge >= 0.3 is 0 Å². The average molecular weight is 264 g/mol. The molecule has 0 saturated heterocycles. The maximum Gasteiger partial charge on any atom is 0.138 e. The Morgan fingerprint density at radius 3 is 2.82 bits per heavy atom. The lowest BCUT2D eigenvalue weighted by Crippen LogP contribution is -1.91. The Labute approximate surface area is 108 Å². The summed E-state index contributed by atoms with van der Waals surface area (Å²) in [6.45, 7) is 2.04. The molecule has 88 valence electrons. The van der Waals surface area contributed by atoms with Crippen molar-refractivity contribution in [3.63, 3.8) is 0 Å². The van der Waals surface area contributed by atoms with Crippen LogP contribution in [0.2, 0.25) is 0 Å². The summed E-state index contributed by atoms with van der Waals surface area (Å²) >= 11 is 3.05. The number of methoxy groups -OCH3 is 1. The molecule has 0 aromatic carbocycles. The molecule has 17 heavy (non-hydrogen) atoms. The second-order valence-corrected chi connectivity index (χ2v) is 5.37. The SMILES string of the molecule is CCc1c(-c2sccc2OC)sc(C#N)c1N. The van der Waals surface area contributed by atoms with Crippen molar-refractivity contribution in [2.75, 3.05) is 12.8 Å². The molecule has 0 bridgehead atoms. The number of nitrogens with two attached hydrogens (primary N) is 1. The first kappa shape index (κ1) is 12.0. The first-order valence-electron chi connectivity index (χ1n) is 5.16. The molecule has 0 unspecified atom stereocenters. The van der Waals surface area contributed by atoms with Crippen molar-refractivity contribution in [1.29, 1.82) is 5.26 Å². The van der Waals surface area contributed by atoms with Gasteiger partial charge in [0.05, 0.1) is 22.6 Å². The van der Waals surface area contributed by atoms with Crippen LogP contribution in [0.5, 0.6) is 5.75 Å². The third kappa shape index (κ3) is 1.90. The van der Waals surface area contributed by atoms with E-state index in [1.54, 1.807) is 18.4 Å². The Morgan fingerprint density at radius 2 is 2.24 bits per heavy atom. The molecule has 0 radical (unpaired) electrons. The van der Waals surface area contributed by atoms with Crippen LogP contribution in [0.1, 0.15) is 17.4 Å². The summed E-state index contributed by atoms with van der Waals surface area (Å²) in [6, 6.07) is 4.08. The highest BCUT2D eigenvalue weighted by Gasteiger charge is 2.19. The largest absolute Gasteiger partial charge is 0.495 e. The molecule has 5 heteroatoms. The number of ether oxygens (including phenoxy) is 1. The van der Waals surface area contributed by atoms with Crippen molar-refractivity contribution in [3.05, 3.63) is 21.9 Å². The van der Waals surface area contributed by atoms with Gasteiger partial charge in [-0.1, -0.05) is 6.92 Å². The van der Waals surface area contributed by atoms with Gasteiger partial charge in [-0.2, -0.15) is 5.26 Å². The fourth-order valence-corrected chi connectivity index (χ4v) is 3.87. The van der Waals surface area contributed by atoms with Gasteiger partial charge in [-0.3, -0.25) is 0 Å². The van der Waals surface area contributed by atoms with Crippen LogP contribution in [0, 0.1) is 11.3 Å². The van der Waals surface area contributed by atoms with Gasteiger partial charge in [0.2, 0.25) is 0 Å². The molecule has 0 aliphatic rings. The Bertz CT molecular complexity index is 578. The molecule has 2 aromatic heterocycles. The van der Waals surface area contributed by atoms with Crippen molar-refractivity contribution >= 4 is 28.4 Å². The van der Waals surface area contributed by atoms with Gasteiger partial charge in [0, 0.05) is 0 Å². The molecule has 2 heterocycles. The summed E-state index contributed by atoms with van der Waals surface area (Å²) in [5, 5.41) is 11.0. The number of hydrogen-bond donors (Lipinski definition) is 1. The van der Waals surface area contributed by atoms with E-state index in [0.29, 0.717) is 10.6 Å². The second-order valence-electron chi connectivity index (χ2n) is 3.44. The third-order valence-corrected chi connectivity index (χ3v) is 4.77. The zero-order valence-corrected chi connectivity index (χ0v) is 11.2. The molecule has 2 aromatic rings. The van der Waals surface area contributed by atoms with E-state index >= 15 is 0 Å². The number of nitrogens with zero attached hydrogens (tertiary/aromatic N) is 1. The average Bonchev–Trinajstić information content (AvgIpc) is 2.92. The Balaban J connectivity index is 2.64. The van der Waals surface area contributed by atoms with E-state index in [1.165, 1.54) is 11.3 Å². The number of hydrogen-bond acceptors (Lipinski definition) is 5. The van der Waals surface area contributed by atoms with Crippen LogP contribution in [0.3, 0.4) is 0 Å². The van der Waals surface area contributed by atoms with Crippen LogP contribution < -0.4 is 10.5 Å². The summed E-state index contributed by atoms with van der Waals surface area (Å²) in [7, 11) is 1.65. The Morgan fingerprint density at radius 1 is 1.47 bits per heavy atom. The van der Waals surface area contributed by atoms with E-state index in [0.717, 1.165) is 27.5 Å². The quantitative estimate of drug-likeness (QED) is 0.923. The minimum atomic E-state index is 0.590. The first-order valence-corrected chi connectivity index (χ1v) is 6.85. The van der Waals surface area contributed by atoms with Crippen molar-refractivity contribution in [1.82, 2.24) is 0 Å². The summed E-state index contributed by atoms with van der Waals surface area (Å²) in [5.74, 6) is 0.843. The van der Waals surface area contributed by atoms with E-state index in [-0.39, 0.29) is 0 Å². The second kappa shape index (κ2) is 4.78. The molecule has 0 aliphatic carbocycles. The smallest absolute Gasteiger partial charge is 0.138 e. The summed E-state index contributed by atoms with van der Waals surface area (Å²) in [6.07, 6.45) is 0.820. The minimum absolute atomic E-state index is 0.590. The Kier molecular flexibility index (Phi) is 3.36. The highest BCUT2D eigenvalue weighted by Crippen LogP contribution is 2.45. The molecule has 3 nitrogen and oxygen atoms in total. The number of rotatable bonds is 3. The zero-order chi connectivity index (χ0) is 12.4. The lowest BCUT2D eigenvalue weighted by atomic mass is 10.1. The summed E-state index contributed by atoms with van der Waals surface area (Å²) in [4.78, 5) is 2.71. The molecule has 2 N–H and O–H groups in total. The maximum absolute atomic E-state index is 9.03. The molecule has 0 amide bonds. The van der Waals surface area contributed by atoms with E-state index in [1.807, 2.05) is 18.4 Å². The van der Waals surface area contributed by atoms with Crippen LogP contribution in [-0.2, 0) is 6.42 Å². The predicted octanol–water partition coefficient (Wildman–Crippen LogP) is 3.50. The van der Waals surface area contributed by atoms with Crippen LogP contribution >= 0.6 is 22.7 Å². The van der Waals surface area contributed by atoms with Gasteiger partial charge in [-0.05, 0) is 23.4 Å². The maximum atomic E-state index is 9.03. The fourth-order valence-electron chi connectivity index (χ4n) is 1.72. The summed E-state index contributed by atoms with van der Waals surface area (Å²) < 4.78 is 5.32. The topological polar surface area (TPSA) is 59.0 Å². The third-order valence-electron chi connectivity index (χ3n) is 2.56. The monoisotopic (exact) mass is 264 g/mol. The number of thiophene rings is 2. The van der Waals surface area contributed by atoms with Gasteiger partial charge in [-0.25, -0.2) is 0 Å². The highest BCUT2D eigenvalue weighted by atomic mass is 32.1. The van der Waals surface area contributed by atoms with Gasteiger partial charge < -0.3 is 10.5 Å². The normalized spacial score (nSPS) is 10.2. The highest BCUT2D eigenvalue weighted by molar-refractivity contribution is 7.22. The van der Waals surface area contributed by atoms with Crippen LogP contribution in [0.25, 0.3) is 9.75 Å². The molecular formula is C12H12N2OS2. The zero-order valence-electron chi connectivity index (χ0n) is 9.61. The molecule has 0 fully saturated rings. The molecule has 0 spiro atoms. The van der Waals surface area contributed by atoms with Gasteiger partial charge in [-0.15, -0.1) is 22.7 Å². The molecule has 0 aliphatic heterocycles. The van der Waals surface area contributed by atoms with E-state index in [9.17, 15) is 0 Å². The lowest BCUT2D eigenvalue weighted by molar-refractivity contribution is 0.418. The Hall–Kier alpha value is -1.51. The van der Waals surface area contributed by atoms with Gasteiger partial charge in [0.1, 0.15) is 16.7 Å². The van der Waals surface area contributed by atoms with Crippen LogP contribution in [0.15, 0.2) is 11.4 Å². The predicted molar refractivity (Wildman–Crippen MR) is 72.7 cm³/mol. The molecule has 0 atom stereocenters. The molecule has 0 saturated carbocycles. The van der Waals surface area contributed by atoms with Crippen molar-refractivity contribution < 1.29 is 4.74 Å². The first-order chi connectivity index (χ1) is 8.22. The van der Waals surface area contributed by atoms with Gasteiger partial charge in [0.15, 0.2) is 0 Å². The van der Waals surface area contributed by atoms with Crippen molar-refractivity contribution in [3.8, 4) is 21.6 Å². The van der Waals surface area contributed by atoms with E-state index in [2.05, 4.69) is 6.07 Å². The van der Waals surface area contributed by atoms with E-state index in [4.69, 9.17) is 15.7 Å². The van der Waals surface area contributed by atoms with Crippen LogP contribution in [0.4, 0.5) is 5.69 Å². The molecule has 2 rings (SSSR count). The van der Waals surface area contributed by atoms with Crippen LogP contribution in [-0.4, -0.2) is 7.11 Å². The molecular weight excluding hydrogens is 252 g/mol. The van der Waals surface area contributed by atoms with E-state index < -0.39 is 0 Å². The minimum Gasteiger partial charge on any atom is -0.495 e.